The fourth-order valence-electron chi connectivity index (χ4n) is 4.86. The molecule has 0 saturated carbocycles. The quantitative estimate of drug-likeness (QED) is 0.0476. The van der Waals surface area contributed by atoms with Crippen molar-refractivity contribution in [2.24, 2.45) is 22.1 Å². The largest absolute Gasteiger partial charge is 0.491 e. The van der Waals surface area contributed by atoms with Crippen molar-refractivity contribution < 1.29 is 29.2 Å². The van der Waals surface area contributed by atoms with E-state index in [1.54, 1.807) is 12.1 Å². The van der Waals surface area contributed by atoms with Crippen LogP contribution >= 0.6 is 0 Å². The summed E-state index contributed by atoms with van der Waals surface area (Å²) in [5.74, 6) is 1.56. The summed E-state index contributed by atoms with van der Waals surface area (Å²) < 4.78 is 12.2. The summed E-state index contributed by atoms with van der Waals surface area (Å²) in [6.07, 6.45) is 8.46. The summed E-state index contributed by atoms with van der Waals surface area (Å²) in [5.41, 5.74) is 10.3. The lowest BCUT2D eigenvalue weighted by molar-refractivity contribution is -0.393. The van der Waals surface area contributed by atoms with E-state index in [-0.39, 0.29) is 17.1 Å². The molecule has 3 rings (SSSR count). The highest BCUT2D eigenvalue weighted by Crippen LogP contribution is 2.40. The van der Waals surface area contributed by atoms with E-state index in [0.29, 0.717) is 47.9 Å². The molecule has 3 aromatic carbocycles. The minimum atomic E-state index is -0.762. The maximum atomic E-state index is 11.5. The van der Waals surface area contributed by atoms with Gasteiger partial charge >= 0.3 is 5.69 Å². The molecule has 282 valence electrons. The first-order valence-electron chi connectivity index (χ1n) is 17.0. The van der Waals surface area contributed by atoms with Gasteiger partial charge in [0.2, 0.25) is 0 Å². The molecule has 0 saturated heterocycles. The molecular weight excluding hydrogens is 680 g/mol. The van der Waals surface area contributed by atoms with Gasteiger partial charge in [0.25, 0.3) is 17.1 Å². The normalized spacial score (nSPS) is 12.0. The SMILES string of the molecule is CCCCC(CC)COc1cc(N=Nc2ccc([N+](=O)[O-])cc2[N+](=O)[O-])c(OCC(CC)CCCC)cc1N.Nc1ccc([N+](=O)[O-])cc1[N+](=O)[O-]. The highest BCUT2D eigenvalue weighted by atomic mass is 16.6. The van der Waals surface area contributed by atoms with Crippen molar-refractivity contribution in [2.75, 3.05) is 24.7 Å². The predicted octanol–water partition coefficient (Wildman–Crippen LogP) is 9.78. The number of ether oxygens (including phenoxy) is 2. The summed E-state index contributed by atoms with van der Waals surface area (Å²) in [6, 6.07) is 9.57. The van der Waals surface area contributed by atoms with Crippen LogP contribution in [0.15, 0.2) is 58.8 Å². The van der Waals surface area contributed by atoms with Crippen molar-refractivity contribution in [3.8, 4) is 11.5 Å². The molecule has 2 unspecified atom stereocenters. The van der Waals surface area contributed by atoms with Crippen LogP contribution in [0.1, 0.15) is 79.1 Å². The third-order valence-electron chi connectivity index (χ3n) is 8.18. The van der Waals surface area contributed by atoms with E-state index >= 15 is 0 Å². The fraction of sp³-hybridized carbons (Fsp3) is 0.471. The Hall–Kier alpha value is -5.94. The van der Waals surface area contributed by atoms with Gasteiger partial charge < -0.3 is 20.9 Å². The number of rotatable bonds is 20. The highest BCUT2D eigenvalue weighted by molar-refractivity contribution is 5.68. The van der Waals surface area contributed by atoms with Gasteiger partial charge in [0.05, 0.1) is 50.7 Å². The molecule has 0 fully saturated rings. The maximum absolute atomic E-state index is 11.5. The molecule has 0 amide bonds. The van der Waals surface area contributed by atoms with Crippen molar-refractivity contribution in [3.63, 3.8) is 0 Å². The van der Waals surface area contributed by atoms with Crippen LogP contribution < -0.4 is 20.9 Å². The molecule has 18 heteroatoms. The molecule has 0 aliphatic heterocycles. The first-order valence-corrected chi connectivity index (χ1v) is 17.0. The first kappa shape index (κ1) is 42.2. The number of hydrogen-bond donors (Lipinski definition) is 2. The summed E-state index contributed by atoms with van der Waals surface area (Å²) in [6.45, 7) is 9.51. The number of hydrogen-bond acceptors (Lipinski definition) is 14. The van der Waals surface area contributed by atoms with Crippen LogP contribution in [0.5, 0.6) is 11.5 Å². The molecule has 0 aliphatic carbocycles. The summed E-state index contributed by atoms with van der Waals surface area (Å²) >= 11 is 0. The smallest absolute Gasteiger partial charge is 0.303 e. The number of nitro benzene ring substituents is 4. The topological polar surface area (TPSA) is 268 Å². The Bertz CT molecular complexity index is 1720. The molecular formula is C34H46N8O10. The summed E-state index contributed by atoms with van der Waals surface area (Å²) in [7, 11) is 0. The van der Waals surface area contributed by atoms with Crippen LogP contribution in [-0.4, -0.2) is 32.9 Å². The van der Waals surface area contributed by atoms with Crippen LogP contribution in [0.2, 0.25) is 0 Å². The lowest BCUT2D eigenvalue weighted by Gasteiger charge is -2.19. The number of nitrogen functional groups attached to an aromatic ring is 2. The van der Waals surface area contributed by atoms with E-state index < -0.39 is 36.8 Å². The van der Waals surface area contributed by atoms with Crippen LogP contribution in [-0.2, 0) is 0 Å². The Morgan fingerprint density at radius 2 is 1.08 bits per heavy atom. The zero-order valence-electron chi connectivity index (χ0n) is 29.8. The molecule has 0 heterocycles. The Balaban J connectivity index is 0.000000602. The number of anilines is 2. The Labute approximate surface area is 300 Å². The molecule has 52 heavy (non-hydrogen) atoms. The molecule has 0 aliphatic rings. The van der Waals surface area contributed by atoms with Gasteiger partial charge in [0.1, 0.15) is 22.9 Å². The van der Waals surface area contributed by atoms with E-state index in [1.807, 2.05) is 0 Å². The number of nitrogens with two attached hydrogens (primary N) is 2. The van der Waals surface area contributed by atoms with Crippen molar-refractivity contribution in [1.29, 1.82) is 0 Å². The Morgan fingerprint density at radius 3 is 1.56 bits per heavy atom. The lowest BCUT2D eigenvalue weighted by atomic mass is 10.0. The van der Waals surface area contributed by atoms with E-state index in [9.17, 15) is 40.5 Å². The van der Waals surface area contributed by atoms with Gasteiger partial charge in [-0.05, 0) is 36.8 Å². The number of benzene rings is 3. The van der Waals surface area contributed by atoms with Gasteiger partial charge in [-0.15, -0.1) is 10.2 Å². The van der Waals surface area contributed by atoms with Crippen LogP contribution in [0.25, 0.3) is 0 Å². The second-order valence-corrected chi connectivity index (χ2v) is 12.0. The number of azo groups is 1. The minimum absolute atomic E-state index is 0.0874. The molecule has 0 spiro atoms. The monoisotopic (exact) mass is 726 g/mol. The molecule has 4 N–H and O–H groups in total. The van der Waals surface area contributed by atoms with E-state index in [0.717, 1.165) is 81.7 Å². The average molecular weight is 727 g/mol. The van der Waals surface area contributed by atoms with Crippen LogP contribution in [0, 0.1) is 52.3 Å². The number of nitro groups is 4. The van der Waals surface area contributed by atoms with Crippen LogP contribution in [0.3, 0.4) is 0 Å². The molecule has 3 aromatic rings. The number of non-ortho nitro benzene ring substituents is 2. The third-order valence-corrected chi connectivity index (χ3v) is 8.18. The van der Waals surface area contributed by atoms with Crippen molar-refractivity contribution in [2.45, 2.75) is 79.1 Å². The van der Waals surface area contributed by atoms with Crippen molar-refractivity contribution >= 4 is 45.5 Å². The minimum Gasteiger partial charge on any atom is -0.491 e. The molecule has 18 nitrogen and oxygen atoms in total. The van der Waals surface area contributed by atoms with E-state index in [2.05, 4.69) is 37.9 Å². The van der Waals surface area contributed by atoms with Crippen molar-refractivity contribution in [1.82, 2.24) is 0 Å². The number of unbranched alkanes of at least 4 members (excludes halogenated alkanes) is 2. The van der Waals surface area contributed by atoms with Gasteiger partial charge in [-0.25, -0.2) is 0 Å². The molecule has 0 radical (unpaired) electrons. The van der Waals surface area contributed by atoms with E-state index in [4.69, 9.17) is 20.9 Å². The van der Waals surface area contributed by atoms with Crippen LogP contribution in [0.4, 0.5) is 45.5 Å². The van der Waals surface area contributed by atoms with E-state index in [1.165, 1.54) is 6.07 Å². The lowest BCUT2D eigenvalue weighted by Crippen LogP contribution is -2.13. The van der Waals surface area contributed by atoms with Gasteiger partial charge in [-0.2, -0.15) is 0 Å². The maximum Gasteiger partial charge on any atom is 0.303 e. The molecule has 2 atom stereocenters. The zero-order valence-corrected chi connectivity index (χ0v) is 29.8. The average Bonchev–Trinajstić information content (AvgIpc) is 3.11. The third kappa shape index (κ3) is 13.1. The Morgan fingerprint density at radius 1 is 0.596 bits per heavy atom. The van der Waals surface area contributed by atoms with Gasteiger partial charge in [-0.1, -0.05) is 66.2 Å². The van der Waals surface area contributed by atoms with Gasteiger partial charge in [0, 0.05) is 24.3 Å². The van der Waals surface area contributed by atoms with Gasteiger partial charge in [-0.3, -0.25) is 40.5 Å². The zero-order chi connectivity index (χ0) is 38.8. The number of nitrogens with zero attached hydrogens (tertiary/aromatic N) is 6. The molecule has 0 aromatic heterocycles. The van der Waals surface area contributed by atoms with Gasteiger partial charge in [0.15, 0.2) is 5.69 Å². The summed E-state index contributed by atoms with van der Waals surface area (Å²) in [5, 5.41) is 51.5. The predicted molar refractivity (Wildman–Crippen MR) is 197 cm³/mol. The standard InChI is InChI=1S/C28H41N5O6.C6H5N3O4/c1-5-9-11-20(7-3)18-38-27-17-25(28(16-23(27)29)39-19-21(8-4)12-10-6-2)31-30-24-14-13-22(32(34)35)15-26(24)33(36)37;7-5-2-1-4(8(10)11)3-6(5)9(12)13/h13-17,20-21H,5-12,18-19,29H2,1-4H3;1-3H,7H2. The first-order chi connectivity index (χ1) is 24.8. The molecule has 0 bridgehead atoms. The van der Waals surface area contributed by atoms with Crippen molar-refractivity contribution in [3.05, 3.63) is 89.0 Å². The summed E-state index contributed by atoms with van der Waals surface area (Å²) in [4.78, 5) is 40.2. The fourth-order valence-corrected chi connectivity index (χ4v) is 4.86. The second-order valence-electron chi connectivity index (χ2n) is 12.0. The Kier molecular flexibility index (Phi) is 17.3. The second kappa shape index (κ2) is 21.3. The highest BCUT2D eigenvalue weighted by Gasteiger charge is 2.21.